The second-order valence-corrected chi connectivity index (χ2v) is 10.9. The normalized spacial score (nSPS) is 14.5. The number of nitrogens with zero attached hydrogens (tertiary/aromatic N) is 3. The third-order valence-electron chi connectivity index (χ3n) is 6.90. The summed E-state index contributed by atoms with van der Waals surface area (Å²) in [7, 11) is 0. The van der Waals surface area contributed by atoms with Crippen LogP contribution in [0.4, 0.5) is 11.6 Å². The molecule has 3 aromatic carbocycles. The topological polar surface area (TPSA) is 88.9 Å². The molecule has 1 amide bonds. The van der Waals surface area contributed by atoms with E-state index in [0.717, 1.165) is 33.5 Å². The third kappa shape index (κ3) is 5.52. The lowest BCUT2D eigenvalue weighted by Crippen LogP contribution is -2.32. The number of fused-ring (bicyclic) bond motifs is 1. The zero-order chi connectivity index (χ0) is 27.7. The van der Waals surface area contributed by atoms with Gasteiger partial charge in [0.05, 0.1) is 11.3 Å². The van der Waals surface area contributed by atoms with E-state index in [1.54, 1.807) is 4.68 Å². The molecule has 0 fully saturated rings. The molecule has 1 aromatic heterocycles. The Morgan fingerprint density at radius 3 is 2.36 bits per heavy atom. The maximum absolute atomic E-state index is 13.8. The van der Waals surface area contributed by atoms with Crippen LogP contribution in [0.5, 0.6) is 0 Å². The van der Waals surface area contributed by atoms with Gasteiger partial charge in [-0.2, -0.15) is 4.98 Å². The van der Waals surface area contributed by atoms with Crippen LogP contribution in [-0.2, 0) is 4.79 Å². The van der Waals surface area contributed by atoms with E-state index in [-0.39, 0.29) is 17.4 Å². The van der Waals surface area contributed by atoms with Crippen LogP contribution in [0.15, 0.2) is 83.2 Å². The highest BCUT2D eigenvalue weighted by Gasteiger charge is 2.35. The number of carbonyl (C=O) groups excluding carboxylic acids is 2. The largest absolute Gasteiger partial charge is 0.328 e. The van der Waals surface area contributed by atoms with Crippen molar-refractivity contribution >= 4 is 35.1 Å². The molecule has 1 aliphatic heterocycles. The molecule has 0 aliphatic carbocycles. The lowest BCUT2D eigenvalue weighted by molar-refractivity contribution is -0.113. The van der Waals surface area contributed by atoms with Gasteiger partial charge in [0, 0.05) is 16.9 Å². The SMILES string of the molecule is CC1=C(C(=O)Nc2ccc(C)cc2C)[C@@H](c2ccccc2C)n2nc(SCC(=O)c3ccc(C)cc3)nc2N1. The number of hydrogen-bond acceptors (Lipinski definition) is 6. The molecule has 2 N–H and O–H groups in total. The van der Waals surface area contributed by atoms with Crippen LogP contribution in [0.1, 0.15) is 51.1 Å². The van der Waals surface area contributed by atoms with Crippen molar-refractivity contribution in [2.45, 2.75) is 45.8 Å². The van der Waals surface area contributed by atoms with Gasteiger partial charge in [0.1, 0.15) is 6.04 Å². The number of nitrogens with one attached hydrogen (secondary N) is 2. The first-order valence-corrected chi connectivity index (χ1v) is 13.8. The lowest BCUT2D eigenvalue weighted by Gasteiger charge is -2.29. The van der Waals surface area contributed by atoms with Gasteiger partial charge in [-0.05, 0) is 57.4 Å². The summed E-state index contributed by atoms with van der Waals surface area (Å²) in [5.74, 6) is 0.562. The molecule has 39 heavy (non-hydrogen) atoms. The van der Waals surface area contributed by atoms with Crippen LogP contribution in [0.3, 0.4) is 0 Å². The number of aryl methyl sites for hydroxylation is 4. The highest BCUT2D eigenvalue weighted by Crippen LogP contribution is 2.38. The number of thioether (sulfide) groups is 1. The van der Waals surface area contributed by atoms with E-state index in [9.17, 15) is 9.59 Å². The molecule has 0 unspecified atom stereocenters. The molecule has 5 rings (SSSR count). The fraction of sp³-hybridized carbons (Fsp3) is 0.226. The Kier molecular flexibility index (Phi) is 7.39. The van der Waals surface area contributed by atoms with Crippen molar-refractivity contribution < 1.29 is 9.59 Å². The second-order valence-electron chi connectivity index (χ2n) is 9.94. The summed E-state index contributed by atoms with van der Waals surface area (Å²) in [6.07, 6.45) is 0. The van der Waals surface area contributed by atoms with Crippen molar-refractivity contribution in [3.8, 4) is 0 Å². The predicted octanol–water partition coefficient (Wildman–Crippen LogP) is 6.41. The van der Waals surface area contributed by atoms with Gasteiger partial charge in [0.15, 0.2) is 5.78 Å². The van der Waals surface area contributed by atoms with Crippen molar-refractivity contribution in [1.82, 2.24) is 14.8 Å². The van der Waals surface area contributed by atoms with Crippen molar-refractivity contribution in [3.63, 3.8) is 0 Å². The Bertz CT molecular complexity index is 1600. The van der Waals surface area contributed by atoms with Gasteiger partial charge in [-0.25, -0.2) is 4.68 Å². The summed E-state index contributed by atoms with van der Waals surface area (Å²) in [4.78, 5) is 31.2. The van der Waals surface area contributed by atoms with Crippen molar-refractivity contribution in [2.75, 3.05) is 16.4 Å². The molecule has 2 heterocycles. The van der Waals surface area contributed by atoms with Crippen LogP contribution in [0, 0.1) is 27.7 Å². The van der Waals surface area contributed by atoms with Crippen LogP contribution in [0.2, 0.25) is 0 Å². The van der Waals surface area contributed by atoms with Crippen LogP contribution < -0.4 is 10.6 Å². The van der Waals surface area contributed by atoms with Gasteiger partial charge < -0.3 is 10.6 Å². The van der Waals surface area contributed by atoms with Crippen molar-refractivity contribution in [1.29, 1.82) is 0 Å². The zero-order valence-corrected chi connectivity index (χ0v) is 23.5. The summed E-state index contributed by atoms with van der Waals surface area (Å²) in [6, 6.07) is 21.0. The quantitative estimate of drug-likeness (QED) is 0.209. The minimum absolute atomic E-state index is 0.0130. The van der Waals surface area contributed by atoms with Crippen LogP contribution >= 0.6 is 11.8 Å². The molecule has 4 aromatic rings. The highest BCUT2D eigenvalue weighted by atomic mass is 32.2. The number of hydrogen-bond donors (Lipinski definition) is 2. The van der Waals surface area contributed by atoms with E-state index in [2.05, 4.69) is 15.6 Å². The Labute approximate surface area is 232 Å². The summed E-state index contributed by atoms with van der Waals surface area (Å²) in [5.41, 5.74) is 7.94. The Hall–Kier alpha value is -4.17. The smallest absolute Gasteiger partial charge is 0.255 e. The number of Topliss-reactive ketones (excluding diaryl/α,β-unsaturated/α-hetero) is 1. The Morgan fingerprint density at radius 1 is 0.923 bits per heavy atom. The molecular weight excluding hydrogens is 506 g/mol. The predicted molar refractivity (Wildman–Crippen MR) is 156 cm³/mol. The van der Waals surface area contributed by atoms with Gasteiger partial charge in [0.25, 0.3) is 5.91 Å². The molecule has 0 bridgehead atoms. The molecule has 0 saturated carbocycles. The van der Waals surface area contributed by atoms with E-state index in [0.29, 0.717) is 27.9 Å². The molecule has 198 valence electrons. The van der Waals surface area contributed by atoms with E-state index in [1.807, 2.05) is 101 Å². The third-order valence-corrected chi connectivity index (χ3v) is 7.73. The van der Waals surface area contributed by atoms with Crippen LogP contribution in [-0.4, -0.2) is 32.2 Å². The first-order chi connectivity index (χ1) is 18.7. The van der Waals surface area contributed by atoms with E-state index >= 15 is 0 Å². The molecule has 7 nitrogen and oxygen atoms in total. The Morgan fingerprint density at radius 2 is 1.64 bits per heavy atom. The first-order valence-electron chi connectivity index (χ1n) is 12.8. The van der Waals surface area contributed by atoms with Gasteiger partial charge >= 0.3 is 0 Å². The minimum atomic E-state index is -0.483. The zero-order valence-electron chi connectivity index (χ0n) is 22.7. The molecule has 8 heteroatoms. The van der Waals surface area contributed by atoms with E-state index < -0.39 is 6.04 Å². The fourth-order valence-corrected chi connectivity index (χ4v) is 5.49. The Balaban J connectivity index is 1.46. The van der Waals surface area contributed by atoms with E-state index in [4.69, 9.17) is 5.10 Å². The van der Waals surface area contributed by atoms with E-state index in [1.165, 1.54) is 11.8 Å². The molecule has 1 atom stereocenters. The number of amides is 1. The van der Waals surface area contributed by atoms with Gasteiger partial charge in [0.2, 0.25) is 11.1 Å². The monoisotopic (exact) mass is 537 g/mol. The number of allylic oxidation sites excluding steroid dienone is 1. The van der Waals surface area contributed by atoms with Gasteiger partial charge in [-0.1, -0.05) is 83.6 Å². The summed E-state index contributed by atoms with van der Waals surface area (Å²) in [6.45, 7) is 9.92. The average Bonchev–Trinajstić information content (AvgIpc) is 3.31. The van der Waals surface area contributed by atoms with Gasteiger partial charge in [-0.15, -0.1) is 5.10 Å². The molecule has 1 aliphatic rings. The van der Waals surface area contributed by atoms with Crippen molar-refractivity contribution in [2.24, 2.45) is 0 Å². The second kappa shape index (κ2) is 10.9. The average molecular weight is 538 g/mol. The first kappa shape index (κ1) is 26.4. The molecular formula is C31H31N5O2S. The van der Waals surface area contributed by atoms with Crippen LogP contribution in [0.25, 0.3) is 0 Å². The summed E-state index contributed by atoms with van der Waals surface area (Å²) in [5, 5.41) is 11.6. The molecule has 0 radical (unpaired) electrons. The maximum atomic E-state index is 13.8. The summed E-state index contributed by atoms with van der Waals surface area (Å²) < 4.78 is 1.75. The number of anilines is 2. The minimum Gasteiger partial charge on any atom is -0.328 e. The maximum Gasteiger partial charge on any atom is 0.255 e. The number of aromatic nitrogens is 3. The molecule has 0 saturated heterocycles. The fourth-order valence-electron chi connectivity index (χ4n) is 4.76. The summed E-state index contributed by atoms with van der Waals surface area (Å²) >= 11 is 1.29. The number of benzene rings is 3. The highest BCUT2D eigenvalue weighted by molar-refractivity contribution is 7.99. The number of rotatable bonds is 7. The number of ketones is 1. The van der Waals surface area contributed by atoms with Gasteiger partial charge in [-0.3, -0.25) is 9.59 Å². The number of carbonyl (C=O) groups is 2. The standard InChI is InChI=1S/C31H31N5O2S/c1-18-10-13-23(14-11-18)26(37)17-39-31-34-30-32-22(5)27(29(38)33-25-15-12-19(2)16-21(25)4)28(36(30)35-31)24-9-7-6-8-20(24)3/h6-16,28H,17H2,1-5H3,(H,33,38)(H,32,34,35)/t28-/m1/s1. The van der Waals surface area contributed by atoms with Crippen molar-refractivity contribution in [3.05, 3.63) is 111 Å². The lowest BCUT2D eigenvalue weighted by atomic mass is 9.92. The molecule has 0 spiro atoms.